The van der Waals surface area contributed by atoms with Crippen LogP contribution in [-0.4, -0.2) is 65.4 Å². The van der Waals surface area contributed by atoms with Gasteiger partial charge in [0.2, 0.25) is 16.8 Å². The monoisotopic (exact) mass is 476 g/mol. The summed E-state index contributed by atoms with van der Waals surface area (Å²) in [5.41, 5.74) is 0.827. The zero-order valence-corrected chi connectivity index (χ0v) is 19.7. The molecule has 1 saturated heterocycles. The summed E-state index contributed by atoms with van der Waals surface area (Å²) in [6.07, 6.45) is 0. The molecule has 2 aliphatic heterocycles. The second kappa shape index (κ2) is 9.20. The lowest BCUT2D eigenvalue weighted by molar-refractivity contribution is 0.0729. The fourth-order valence-corrected chi connectivity index (χ4v) is 5.36. The first-order valence-corrected chi connectivity index (χ1v) is 12.1. The second-order valence-electron chi connectivity index (χ2n) is 8.52. The van der Waals surface area contributed by atoms with Crippen LogP contribution in [0, 0.1) is 0 Å². The summed E-state index contributed by atoms with van der Waals surface area (Å²) in [4.78, 5) is 12.9. The maximum absolute atomic E-state index is 13.2. The summed E-state index contributed by atoms with van der Waals surface area (Å²) in [7, 11) is -2.43. The van der Waals surface area contributed by atoms with E-state index in [0.717, 1.165) is 5.56 Å². The topological polar surface area (TPSA) is 103 Å². The smallest absolute Gasteiger partial charge is 0.251 e. The number of morpholine rings is 1. The Kier molecular flexibility index (Phi) is 6.51. The van der Waals surface area contributed by atoms with Crippen LogP contribution in [0.3, 0.4) is 0 Å². The largest absolute Gasteiger partial charge is 0.495 e. The fraction of sp³-hybridized carbons (Fsp3) is 0.435. The van der Waals surface area contributed by atoms with E-state index in [1.165, 1.54) is 23.5 Å². The summed E-state index contributed by atoms with van der Waals surface area (Å²) < 4.78 is 49.0. The maximum Gasteiger partial charge on any atom is 0.251 e. The third-order valence-corrected chi connectivity index (χ3v) is 7.78. The number of carbonyl (C=O) groups is 1. The van der Waals surface area contributed by atoms with Crippen LogP contribution in [-0.2, 0) is 20.2 Å². The Labute approximate surface area is 193 Å². The van der Waals surface area contributed by atoms with Crippen molar-refractivity contribution in [2.45, 2.75) is 24.2 Å². The maximum atomic E-state index is 13.2. The van der Waals surface area contributed by atoms with Gasteiger partial charge in [0.25, 0.3) is 5.91 Å². The van der Waals surface area contributed by atoms with E-state index in [1.54, 1.807) is 6.07 Å². The lowest BCUT2D eigenvalue weighted by atomic mass is 9.84. The van der Waals surface area contributed by atoms with Gasteiger partial charge in [-0.05, 0) is 35.9 Å². The number of benzene rings is 2. The van der Waals surface area contributed by atoms with Gasteiger partial charge in [-0.2, -0.15) is 4.31 Å². The Morgan fingerprint density at radius 1 is 1.09 bits per heavy atom. The molecule has 4 rings (SSSR count). The molecule has 1 N–H and O–H groups in total. The molecule has 10 heteroatoms. The molecular weight excluding hydrogens is 448 g/mol. The SMILES string of the molecule is COc1ccc(C(=O)NCC(C)(C)c2ccc3c(c2)OCO3)cc1S(=O)(=O)N1CCOCC1. The highest BCUT2D eigenvalue weighted by atomic mass is 32.2. The summed E-state index contributed by atoms with van der Waals surface area (Å²) in [5, 5.41) is 2.92. The van der Waals surface area contributed by atoms with Crippen LogP contribution in [0.5, 0.6) is 17.2 Å². The van der Waals surface area contributed by atoms with Gasteiger partial charge in [-0.3, -0.25) is 4.79 Å². The van der Waals surface area contributed by atoms with Crippen LogP contribution in [0.4, 0.5) is 0 Å². The molecule has 0 saturated carbocycles. The van der Waals surface area contributed by atoms with Crippen molar-refractivity contribution >= 4 is 15.9 Å². The Balaban J connectivity index is 1.52. The molecule has 9 nitrogen and oxygen atoms in total. The lowest BCUT2D eigenvalue weighted by Gasteiger charge is -2.27. The van der Waals surface area contributed by atoms with Gasteiger partial charge in [0.15, 0.2) is 11.5 Å². The van der Waals surface area contributed by atoms with Crippen molar-refractivity contribution in [1.82, 2.24) is 9.62 Å². The van der Waals surface area contributed by atoms with Crippen LogP contribution >= 0.6 is 0 Å². The van der Waals surface area contributed by atoms with E-state index in [4.69, 9.17) is 18.9 Å². The summed E-state index contributed by atoms with van der Waals surface area (Å²) >= 11 is 0. The first-order valence-electron chi connectivity index (χ1n) is 10.7. The molecule has 0 bridgehead atoms. The molecule has 2 aromatic rings. The molecule has 0 unspecified atom stereocenters. The van der Waals surface area contributed by atoms with Crippen LogP contribution in [0.1, 0.15) is 29.8 Å². The Bertz CT molecular complexity index is 1140. The number of carbonyl (C=O) groups excluding carboxylic acids is 1. The Hall–Kier alpha value is -2.82. The van der Waals surface area contributed by atoms with Gasteiger partial charge in [-0.25, -0.2) is 8.42 Å². The number of nitrogens with zero attached hydrogens (tertiary/aromatic N) is 1. The second-order valence-corrected chi connectivity index (χ2v) is 10.4. The molecule has 0 aromatic heterocycles. The minimum Gasteiger partial charge on any atom is -0.495 e. The highest BCUT2D eigenvalue weighted by molar-refractivity contribution is 7.89. The molecule has 0 aliphatic carbocycles. The number of fused-ring (bicyclic) bond motifs is 1. The molecule has 0 radical (unpaired) electrons. The van der Waals surface area contributed by atoms with Crippen molar-refractivity contribution in [3.8, 4) is 17.2 Å². The van der Waals surface area contributed by atoms with Crippen molar-refractivity contribution in [3.63, 3.8) is 0 Å². The third-order valence-electron chi connectivity index (χ3n) is 5.86. The minimum absolute atomic E-state index is 0.0328. The van der Waals surface area contributed by atoms with Gasteiger partial charge in [-0.1, -0.05) is 19.9 Å². The summed E-state index contributed by atoms with van der Waals surface area (Å²) in [6, 6.07) is 10.1. The Morgan fingerprint density at radius 3 is 2.55 bits per heavy atom. The standard InChI is InChI=1S/C23H28N2O7S/c1-23(2,17-5-7-18-20(13-17)32-15-31-18)14-24-22(26)16-4-6-19(29-3)21(12-16)33(27,28)25-8-10-30-11-9-25/h4-7,12-13H,8-11,14-15H2,1-3H3,(H,24,26). The van der Waals surface area contributed by atoms with Crippen LogP contribution in [0.15, 0.2) is 41.3 Å². The molecule has 2 aromatic carbocycles. The molecule has 33 heavy (non-hydrogen) atoms. The van der Waals surface area contributed by atoms with E-state index in [1.807, 2.05) is 32.0 Å². The van der Waals surface area contributed by atoms with Crippen molar-refractivity contribution < 1.29 is 32.2 Å². The van der Waals surface area contributed by atoms with E-state index in [0.29, 0.717) is 31.3 Å². The summed E-state index contributed by atoms with van der Waals surface area (Å²) in [6.45, 7) is 5.72. The number of rotatable bonds is 7. The number of amides is 1. The van der Waals surface area contributed by atoms with E-state index in [9.17, 15) is 13.2 Å². The number of ether oxygens (including phenoxy) is 4. The molecule has 1 amide bonds. The van der Waals surface area contributed by atoms with Crippen molar-refractivity contribution in [3.05, 3.63) is 47.5 Å². The van der Waals surface area contributed by atoms with Crippen LogP contribution < -0.4 is 19.5 Å². The first-order chi connectivity index (χ1) is 15.7. The zero-order chi connectivity index (χ0) is 23.6. The van der Waals surface area contributed by atoms with Crippen molar-refractivity contribution in [1.29, 1.82) is 0 Å². The number of methoxy groups -OCH3 is 1. The average molecular weight is 477 g/mol. The molecule has 1 fully saturated rings. The normalized spacial score (nSPS) is 16.5. The molecule has 178 valence electrons. The molecule has 0 spiro atoms. The van der Waals surface area contributed by atoms with Crippen LogP contribution in [0.25, 0.3) is 0 Å². The van der Waals surface area contributed by atoms with Gasteiger partial charge in [0.05, 0.1) is 20.3 Å². The van der Waals surface area contributed by atoms with Crippen LogP contribution in [0.2, 0.25) is 0 Å². The average Bonchev–Trinajstić information content (AvgIpc) is 3.31. The minimum atomic E-state index is -3.83. The van der Waals surface area contributed by atoms with Gasteiger partial charge < -0.3 is 24.3 Å². The number of nitrogens with one attached hydrogen (secondary N) is 1. The molecule has 2 aliphatic rings. The van der Waals surface area contributed by atoms with Gasteiger partial charge >= 0.3 is 0 Å². The van der Waals surface area contributed by atoms with E-state index >= 15 is 0 Å². The van der Waals surface area contributed by atoms with Gasteiger partial charge in [0.1, 0.15) is 10.6 Å². The molecule has 0 atom stereocenters. The van der Waals surface area contributed by atoms with E-state index in [-0.39, 0.29) is 42.0 Å². The molecule has 2 heterocycles. The zero-order valence-electron chi connectivity index (χ0n) is 18.9. The highest BCUT2D eigenvalue weighted by Crippen LogP contribution is 2.36. The van der Waals surface area contributed by atoms with Gasteiger partial charge in [0, 0.05) is 30.6 Å². The number of sulfonamides is 1. The van der Waals surface area contributed by atoms with E-state index < -0.39 is 15.4 Å². The predicted octanol–water partition coefficient (Wildman–Crippen LogP) is 2.15. The van der Waals surface area contributed by atoms with Crippen molar-refractivity contribution in [2.24, 2.45) is 0 Å². The lowest BCUT2D eigenvalue weighted by Crippen LogP contribution is -2.41. The highest BCUT2D eigenvalue weighted by Gasteiger charge is 2.30. The molecular formula is C23H28N2O7S. The third kappa shape index (κ3) is 4.78. The van der Waals surface area contributed by atoms with Crippen molar-refractivity contribution in [2.75, 3.05) is 46.8 Å². The fourth-order valence-electron chi connectivity index (χ4n) is 3.77. The number of hydrogen-bond donors (Lipinski definition) is 1. The predicted molar refractivity (Wildman–Crippen MR) is 120 cm³/mol. The Morgan fingerprint density at radius 2 is 1.82 bits per heavy atom. The van der Waals surface area contributed by atoms with E-state index in [2.05, 4.69) is 5.32 Å². The summed E-state index contributed by atoms with van der Waals surface area (Å²) in [5.74, 6) is 1.20. The first kappa shape index (κ1) is 23.3. The van der Waals surface area contributed by atoms with Gasteiger partial charge in [-0.15, -0.1) is 0 Å². The quantitative estimate of drug-likeness (QED) is 0.653. The number of hydrogen-bond acceptors (Lipinski definition) is 7.